The maximum atomic E-state index is 10.9. The topological polar surface area (TPSA) is 113 Å². The zero-order valence-corrected chi connectivity index (χ0v) is 10.5. The van der Waals surface area contributed by atoms with E-state index in [1.165, 1.54) is 12.1 Å². The van der Waals surface area contributed by atoms with Gasteiger partial charge in [0.1, 0.15) is 5.69 Å². The van der Waals surface area contributed by atoms with Gasteiger partial charge in [0, 0.05) is 18.7 Å². The predicted molar refractivity (Wildman–Crippen MR) is 69.5 cm³/mol. The van der Waals surface area contributed by atoms with Crippen molar-refractivity contribution in [2.24, 2.45) is 0 Å². The van der Waals surface area contributed by atoms with Crippen LogP contribution in [0.5, 0.6) is 0 Å². The van der Waals surface area contributed by atoms with Gasteiger partial charge in [-0.3, -0.25) is 10.1 Å². The van der Waals surface area contributed by atoms with Gasteiger partial charge in [-0.05, 0) is 25.0 Å². The molecule has 1 unspecified atom stereocenters. The van der Waals surface area contributed by atoms with Crippen molar-refractivity contribution >= 4 is 17.3 Å². The van der Waals surface area contributed by atoms with Crippen LogP contribution < -0.4 is 5.32 Å². The molecule has 0 aliphatic carbocycles. The summed E-state index contributed by atoms with van der Waals surface area (Å²) < 4.78 is 0. The Hall–Kier alpha value is -2.15. The Morgan fingerprint density at radius 3 is 2.68 bits per heavy atom. The van der Waals surface area contributed by atoms with E-state index in [-0.39, 0.29) is 29.6 Å². The SMILES string of the molecule is CCC(CCO)Nc1ccc(C(=O)O)cc1[N+](=O)[O-]. The minimum absolute atomic E-state index is 0.0213. The largest absolute Gasteiger partial charge is 0.478 e. The summed E-state index contributed by atoms with van der Waals surface area (Å²) in [6.45, 7) is 1.87. The molecule has 104 valence electrons. The Labute approximate surface area is 110 Å². The van der Waals surface area contributed by atoms with Crippen molar-refractivity contribution in [1.29, 1.82) is 0 Å². The summed E-state index contributed by atoms with van der Waals surface area (Å²) in [4.78, 5) is 21.1. The molecule has 0 bridgehead atoms. The third kappa shape index (κ3) is 3.92. The number of carboxylic acids is 1. The number of rotatable bonds is 7. The molecule has 3 N–H and O–H groups in total. The first kappa shape index (κ1) is 14.9. The summed E-state index contributed by atoms with van der Waals surface area (Å²) in [5.41, 5.74) is -0.154. The van der Waals surface area contributed by atoms with Gasteiger partial charge in [-0.1, -0.05) is 6.92 Å². The fourth-order valence-electron chi connectivity index (χ4n) is 1.69. The van der Waals surface area contributed by atoms with E-state index in [4.69, 9.17) is 10.2 Å². The lowest BCUT2D eigenvalue weighted by Crippen LogP contribution is -2.20. The molecule has 0 aromatic heterocycles. The van der Waals surface area contributed by atoms with Crippen LogP contribution in [0.4, 0.5) is 11.4 Å². The highest BCUT2D eigenvalue weighted by Crippen LogP contribution is 2.27. The van der Waals surface area contributed by atoms with Crippen LogP contribution in [-0.2, 0) is 0 Å². The van der Waals surface area contributed by atoms with Gasteiger partial charge in [-0.15, -0.1) is 0 Å². The molecule has 0 radical (unpaired) electrons. The molecule has 0 spiro atoms. The molecule has 1 aromatic rings. The second kappa shape index (κ2) is 6.69. The van der Waals surface area contributed by atoms with Crippen LogP contribution in [0.25, 0.3) is 0 Å². The minimum atomic E-state index is -1.21. The van der Waals surface area contributed by atoms with E-state index in [1.54, 1.807) is 0 Å². The number of nitro groups is 1. The molecule has 0 aliphatic rings. The Morgan fingerprint density at radius 1 is 1.53 bits per heavy atom. The zero-order valence-electron chi connectivity index (χ0n) is 10.5. The summed E-state index contributed by atoms with van der Waals surface area (Å²) in [6.07, 6.45) is 1.16. The molecule has 19 heavy (non-hydrogen) atoms. The number of carbonyl (C=O) groups is 1. The molecule has 0 saturated carbocycles. The number of hydrogen-bond acceptors (Lipinski definition) is 5. The Bertz CT molecular complexity index is 475. The highest BCUT2D eigenvalue weighted by Gasteiger charge is 2.19. The molecule has 1 atom stereocenters. The highest BCUT2D eigenvalue weighted by atomic mass is 16.6. The number of anilines is 1. The Balaban J connectivity index is 3.06. The molecular weight excluding hydrogens is 252 g/mol. The van der Waals surface area contributed by atoms with Crippen LogP contribution >= 0.6 is 0 Å². The van der Waals surface area contributed by atoms with Crippen LogP contribution in [0.15, 0.2) is 18.2 Å². The fourth-order valence-corrected chi connectivity index (χ4v) is 1.69. The number of hydrogen-bond donors (Lipinski definition) is 3. The first-order valence-corrected chi connectivity index (χ1v) is 5.88. The standard InChI is InChI=1S/C12H16N2O5/c1-2-9(5-6-15)13-10-4-3-8(12(16)17)7-11(10)14(18)19/h3-4,7,9,13,15H,2,5-6H2,1H3,(H,16,17). The van der Waals surface area contributed by atoms with Gasteiger partial charge < -0.3 is 15.5 Å². The highest BCUT2D eigenvalue weighted by molar-refractivity contribution is 5.89. The van der Waals surface area contributed by atoms with Gasteiger partial charge in [-0.25, -0.2) is 4.79 Å². The number of aromatic carboxylic acids is 1. The molecular formula is C12H16N2O5. The number of nitrogens with one attached hydrogen (secondary N) is 1. The predicted octanol–water partition coefficient (Wildman–Crippen LogP) is 1.87. The molecule has 1 rings (SSSR count). The number of aliphatic hydroxyl groups excluding tert-OH is 1. The van der Waals surface area contributed by atoms with Crippen LogP contribution in [0.3, 0.4) is 0 Å². The average Bonchev–Trinajstić information content (AvgIpc) is 2.37. The lowest BCUT2D eigenvalue weighted by Gasteiger charge is -2.17. The van der Waals surface area contributed by atoms with Crippen molar-refractivity contribution in [2.45, 2.75) is 25.8 Å². The molecule has 1 aromatic carbocycles. The van der Waals surface area contributed by atoms with Gasteiger partial charge in [0.15, 0.2) is 0 Å². The quantitative estimate of drug-likeness (QED) is 0.514. The van der Waals surface area contributed by atoms with Crippen molar-refractivity contribution in [3.63, 3.8) is 0 Å². The molecule has 7 nitrogen and oxygen atoms in total. The first-order chi connectivity index (χ1) is 8.99. The van der Waals surface area contributed by atoms with Gasteiger partial charge in [0.2, 0.25) is 0 Å². The maximum absolute atomic E-state index is 10.9. The normalized spacial score (nSPS) is 11.9. The number of nitrogens with zero attached hydrogens (tertiary/aromatic N) is 1. The summed E-state index contributed by atoms with van der Waals surface area (Å²) in [5, 5.41) is 31.6. The summed E-state index contributed by atoms with van der Waals surface area (Å²) in [5.74, 6) is -1.21. The van der Waals surface area contributed by atoms with Gasteiger partial charge >= 0.3 is 5.97 Å². The summed E-state index contributed by atoms with van der Waals surface area (Å²) >= 11 is 0. The molecule has 0 fully saturated rings. The third-order valence-electron chi connectivity index (χ3n) is 2.77. The number of aliphatic hydroxyl groups is 1. The molecule has 0 heterocycles. The smallest absolute Gasteiger partial charge is 0.335 e. The lowest BCUT2D eigenvalue weighted by molar-refractivity contribution is -0.384. The molecule has 0 saturated heterocycles. The third-order valence-corrected chi connectivity index (χ3v) is 2.77. The molecule has 0 aliphatic heterocycles. The summed E-state index contributed by atoms with van der Waals surface area (Å²) in [6, 6.07) is 3.61. The fraction of sp³-hybridized carbons (Fsp3) is 0.417. The van der Waals surface area contributed by atoms with E-state index in [0.717, 1.165) is 6.07 Å². The molecule has 0 amide bonds. The van der Waals surface area contributed by atoms with Crippen molar-refractivity contribution in [1.82, 2.24) is 0 Å². The zero-order chi connectivity index (χ0) is 14.4. The van der Waals surface area contributed by atoms with Gasteiger partial charge in [0.25, 0.3) is 5.69 Å². The number of nitro benzene ring substituents is 1. The average molecular weight is 268 g/mol. The first-order valence-electron chi connectivity index (χ1n) is 5.88. The van der Waals surface area contributed by atoms with Crippen LogP contribution in [0.2, 0.25) is 0 Å². The van der Waals surface area contributed by atoms with Crippen molar-refractivity contribution in [2.75, 3.05) is 11.9 Å². The van der Waals surface area contributed by atoms with Crippen molar-refractivity contribution in [3.8, 4) is 0 Å². The number of benzene rings is 1. The van der Waals surface area contributed by atoms with Crippen LogP contribution in [0.1, 0.15) is 30.1 Å². The van der Waals surface area contributed by atoms with E-state index in [1.807, 2.05) is 6.92 Å². The van der Waals surface area contributed by atoms with E-state index in [9.17, 15) is 14.9 Å². The van der Waals surface area contributed by atoms with E-state index >= 15 is 0 Å². The van der Waals surface area contributed by atoms with E-state index in [0.29, 0.717) is 12.8 Å². The second-order valence-electron chi connectivity index (χ2n) is 4.06. The van der Waals surface area contributed by atoms with Crippen molar-refractivity contribution in [3.05, 3.63) is 33.9 Å². The van der Waals surface area contributed by atoms with Gasteiger partial charge in [-0.2, -0.15) is 0 Å². The van der Waals surface area contributed by atoms with E-state index in [2.05, 4.69) is 5.32 Å². The lowest BCUT2D eigenvalue weighted by atomic mass is 10.1. The monoisotopic (exact) mass is 268 g/mol. The number of carboxylic acid groups (broad SMARTS) is 1. The Kier molecular flexibility index (Phi) is 5.25. The second-order valence-corrected chi connectivity index (χ2v) is 4.06. The van der Waals surface area contributed by atoms with Crippen molar-refractivity contribution < 1.29 is 19.9 Å². The molecule has 7 heteroatoms. The minimum Gasteiger partial charge on any atom is -0.478 e. The van der Waals surface area contributed by atoms with Crippen LogP contribution in [-0.4, -0.2) is 33.8 Å². The van der Waals surface area contributed by atoms with E-state index < -0.39 is 10.9 Å². The Morgan fingerprint density at radius 2 is 2.21 bits per heavy atom. The van der Waals surface area contributed by atoms with Crippen LogP contribution in [0, 0.1) is 10.1 Å². The van der Waals surface area contributed by atoms with Gasteiger partial charge in [0.05, 0.1) is 10.5 Å². The maximum Gasteiger partial charge on any atom is 0.335 e. The summed E-state index contributed by atoms with van der Waals surface area (Å²) in [7, 11) is 0.